The van der Waals surface area contributed by atoms with Crippen LogP contribution in [0.5, 0.6) is 11.5 Å². The van der Waals surface area contributed by atoms with Gasteiger partial charge in [-0.2, -0.15) is 0 Å². The van der Waals surface area contributed by atoms with Crippen LogP contribution in [0.3, 0.4) is 0 Å². The second-order valence-electron chi connectivity index (χ2n) is 5.21. The molecule has 0 aliphatic carbocycles. The maximum absolute atomic E-state index is 5.67. The Morgan fingerprint density at radius 3 is 2.48 bits per heavy atom. The summed E-state index contributed by atoms with van der Waals surface area (Å²) in [6.45, 7) is 10.3. The number of thiazole rings is 1. The van der Waals surface area contributed by atoms with Crippen LogP contribution < -0.4 is 14.8 Å². The van der Waals surface area contributed by atoms with Gasteiger partial charge in [-0.15, -0.1) is 11.3 Å². The molecule has 126 valence electrons. The molecular weight excluding hydrogens is 308 g/mol. The quantitative estimate of drug-likeness (QED) is 0.735. The molecule has 0 amide bonds. The molecular formula is C18H26N2O2S. The van der Waals surface area contributed by atoms with Crippen LogP contribution >= 0.6 is 11.3 Å². The van der Waals surface area contributed by atoms with E-state index in [1.54, 1.807) is 11.3 Å². The second kappa shape index (κ2) is 8.77. The maximum atomic E-state index is 5.67. The Bertz CT molecular complexity index is 625. The summed E-state index contributed by atoms with van der Waals surface area (Å²) in [5.74, 6) is 1.64. The lowest BCUT2D eigenvalue weighted by molar-refractivity contribution is 0.287. The first-order chi connectivity index (χ1) is 11.2. The third-order valence-electron chi connectivity index (χ3n) is 3.51. The fraction of sp³-hybridized carbons (Fsp3) is 0.500. The number of aromatic nitrogens is 1. The van der Waals surface area contributed by atoms with Crippen LogP contribution in [0.25, 0.3) is 0 Å². The molecule has 0 aliphatic rings. The smallest absolute Gasteiger partial charge is 0.183 e. The number of benzene rings is 1. The molecule has 1 heterocycles. The first kappa shape index (κ1) is 17.6. The predicted molar refractivity (Wildman–Crippen MR) is 97.2 cm³/mol. The third kappa shape index (κ3) is 4.86. The molecule has 0 bridgehead atoms. The number of nitrogens with one attached hydrogen (secondary N) is 1. The molecule has 1 aromatic carbocycles. The average Bonchev–Trinajstić information content (AvgIpc) is 2.90. The molecule has 0 saturated heterocycles. The van der Waals surface area contributed by atoms with Crippen molar-refractivity contribution < 1.29 is 9.47 Å². The Morgan fingerprint density at radius 1 is 1.09 bits per heavy atom. The summed E-state index contributed by atoms with van der Waals surface area (Å²) in [7, 11) is 0. The Hall–Kier alpha value is -1.75. The van der Waals surface area contributed by atoms with Crippen molar-refractivity contribution >= 4 is 16.5 Å². The lowest BCUT2D eigenvalue weighted by atomic mass is 10.1. The number of nitrogens with zero attached hydrogens (tertiary/aromatic N) is 1. The van der Waals surface area contributed by atoms with E-state index in [-0.39, 0.29) is 0 Å². The third-order valence-corrected chi connectivity index (χ3v) is 4.77. The van der Waals surface area contributed by atoms with Crippen LogP contribution in [0.15, 0.2) is 18.2 Å². The van der Waals surface area contributed by atoms with Crippen molar-refractivity contribution in [3.05, 3.63) is 34.3 Å². The van der Waals surface area contributed by atoms with Crippen molar-refractivity contribution in [3.8, 4) is 11.5 Å². The standard InChI is InChI=1S/C18H26N2O2S/c1-5-17-13(4)20-18(23-17)19-11-10-14-8-9-15(21-6-2)16(12-14)22-7-3/h8-9,12H,5-7,10-11H2,1-4H3,(H,19,20). The summed E-state index contributed by atoms with van der Waals surface area (Å²) in [5, 5.41) is 4.42. The van der Waals surface area contributed by atoms with Crippen LogP contribution in [0, 0.1) is 6.92 Å². The first-order valence-electron chi connectivity index (χ1n) is 8.26. The molecule has 5 heteroatoms. The Balaban J connectivity index is 1.95. The van der Waals surface area contributed by atoms with Gasteiger partial charge in [-0.1, -0.05) is 13.0 Å². The van der Waals surface area contributed by atoms with Gasteiger partial charge in [-0.3, -0.25) is 0 Å². The van der Waals surface area contributed by atoms with Gasteiger partial charge >= 0.3 is 0 Å². The van der Waals surface area contributed by atoms with E-state index in [9.17, 15) is 0 Å². The monoisotopic (exact) mass is 334 g/mol. The molecule has 23 heavy (non-hydrogen) atoms. The number of rotatable bonds is 9. The van der Waals surface area contributed by atoms with Gasteiger partial charge in [0, 0.05) is 11.4 Å². The Kier molecular flexibility index (Phi) is 6.71. The predicted octanol–water partition coefficient (Wildman–Crippen LogP) is 4.47. The zero-order chi connectivity index (χ0) is 16.7. The van der Waals surface area contributed by atoms with E-state index < -0.39 is 0 Å². The highest BCUT2D eigenvalue weighted by Crippen LogP contribution is 2.29. The Labute approximate surface area is 142 Å². The van der Waals surface area contributed by atoms with Crippen LogP contribution in [0.1, 0.15) is 36.9 Å². The number of ether oxygens (including phenoxy) is 2. The van der Waals surface area contributed by atoms with Crippen molar-refractivity contribution in [2.45, 2.75) is 40.5 Å². The van der Waals surface area contributed by atoms with Gasteiger partial charge in [0.25, 0.3) is 0 Å². The van der Waals surface area contributed by atoms with Crippen LogP contribution in [-0.4, -0.2) is 24.7 Å². The molecule has 0 saturated carbocycles. The van der Waals surface area contributed by atoms with Crippen molar-refractivity contribution in [2.75, 3.05) is 25.1 Å². The lowest BCUT2D eigenvalue weighted by Crippen LogP contribution is -2.05. The van der Waals surface area contributed by atoms with Crippen molar-refractivity contribution in [3.63, 3.8) is 0 Å². The van der Waals surface area contributed by atoms with Gasteiger partial charge in [0.1, 0.15) is 0 Å². The summed E-state index contributed by atoms with van der Waals surface area (Å²) in [6.07, 6.45) is 1.97. The largest absolute Gasteiger partial charge is 0.490 e. The van der Waals surface area contributed by atoms with Crippen LogP contribution in [0.4, 0.5) is 5.13 Å². The minimum absolute atomic E-state index is 0.639. The highest BCUT2D eigenvalue weighted by molar-refractivity contribution is 7.15. The molecule has 1 aromatic heterocycles. The van der Waals surface area contributed by atoms with Crippen molar-refractivity contribution in [1.29, 1.82) is 0 Å². The highest BCUT2D eigenvalue weighted by Gasteiger charge is 2.07. The zero-order valence-corrected chi connectivity index (χ0v) is 15.3. The lowest BCUT2D eigenvalue weighted by Gasteiger charge is -2.12. The summed E-state index contributed by atoms with van der Waals surface area (Å²) >= 11 is 1.75. The fourth-order valence-electron chi connectivity index (χ4n) is 2.40. The Morgan fingerprint density at radius 2 is 1.83 bits per heavy atom. The number of aryl methyl sites for hydroxylation is 2. The van der Waals surface area contributed by atoms with Gasteiger partial charge in [0.15, 0.2) is 16.6 Å². The van der Waals surface area contributed by atoms with E-state index in [2.05, 4.69) is 36.3 Å². The highest BCUT2D eigenvalue weighted by atomic mass is 32.1. The zero-order valence-electron chi connectivity index (χ0n) is 14.4. The van der Waals surface area contributed by atoms with E-state index in [1.807, 2.05) is 19.9 Å². The summed E-state index contributed by atoms with van der Waals surface area (Å²) in [4.78, 5) is 5.91. The van der Waals surface area contributed by atoms with Crippen molar-refractivity contribution in [2.24, 2.45) is 0 Å². The fourth-order valence-corrected chi connectivity index (χ4v) is 3.32. The molecule has 2 rings (SSSR count). The minimum Gasteiger partial charge on any atom is -0.490 e. The first-order valence-corrected chi connectivity index (χ1v) is 9.08. The van der Waals surface area contributed by atoms with Gasteiger partial charge in [-0.25, -0.2) is 4.98 Å². The van der Waals surface area contributed by atoms with Gasteiger partial charge in [0.2, 0.25) is 0 Å². The SMILES string of the molecule is CCOc1ccc(CCNc2nc(C)c(CC)s2)cc1OCC. The molecule has 2 aromatic rings. The van der Waals surface area contributed by atoms with Crippen LogP contribution in [0.2, 0.25) is 0 Å². The normalized spacial score (nSPS) is 10.6. The van der Waals surface area contributed by atoms with E-state index in [1.165, 1.54) is 10.4 Å². The topological polar surface area (TPSA) is 43.4 Å². The molecule has 0 aliphatic heterocycles. The minimum atomic E-state index is 0.639. The summed E-state index contributed by atoms with van der Waals surface area (Å²) in [5.41, 5.74) is 2.37. The van der Waals surface area contributed by atoms with Gasteiger partial charge in [0.05, 0.1) is 18.9 Å². The van der Waals surface area contributed by atoms with E-state index in [0.29, 0.717) is 13.2 Å². The molecule has 0 atom stereocenters. The number of anilines is 1. The molecule has 0 radical (unpaired) electrons. The molecule has 0 spiro atoms. The summed E-state index contributed by atoms with van der Waals surface area (Å²) < 4.78 is 11.3. The number of hydrogen-bond acceptors (Lipinski definition) is 5. The second-order valence-corrected chi connectivity index (χ2v) is 6.29. The molecule has 4 nitrogen and oxygen atoms in total. The van der Waals surface area contributed by atoms with Gasteiger partial charge in [-0.05, 0) is 51.3 Å². The molecule has 1 N–H and O–H groups in total. The average molecular weight is 334 g/mol. The van der Waals surface area contributed by atoms with Crippen molar-refractivity contribution in [1.82, 2.24) is 4.98 Å². The molecule has 0 unspecified atom stereocenters. The maximum Gasteiger partial charge on any atom is 0.183 e. The van der Waals surface area contributed by atoms with E-state index >= 15 is 0 Å². The number of hydrogen-bond donors (Lipinski definition) is 1. The van der Waals surface area contributed by atoms with E-state index in [4.69, 9.17) is 9.47 Å². The molecule has 0 fully saturated rings. The summed E-state index contributed by atoms with van der Waals surface area (Å²) in [6, 6.07) is 6.16. The van der Waals surface area contributed by atoms with Crippen LogP contribution in [-0.2, 0) is 12.8 Å². The van der Waals surface area contributed by atoms with Gasteiger partial charge < -0.3 is 14.8 Å². The van der Waals surface area contributed by atoms with E-state index in [0.717, 1.165) is 41.7 Å².